The van der Waals surface area contributed by atoms with Crippen LogP contribution in [0, 0.1) is 0 Å². The van der Waals surface area contributed by atoms with Gasteiger partial charge in [0.15, 0.2) is 5.82 Å². The molecule has 6 nitrogen and oxygen atoms in total. The van der Waals surface area contributed by atoms with E-state index >= 15 is 0 Å². The lowest BCUT2D eigenvalue weighted by Crippen LogP contribution is -2.44. The Labute approximate surface area is 125 Å². The van der Waals surface area contributed by atoms with Crippen molar-refractivity contribution in [3.05, 3.63) is 24.3 Å². The summed E-state index contributed by atoms with van der Waals surface area (Å²) in [5, 5.41) is 8.44. The van der Waals surface area contributed by atoms with Crippen molar-refractivity contribution in [2.75, 3.05) is 13.2 Å². The third kappa shape index (κ3) is 3.50. The van der Waals surface area contributed by atoms with Crippen LogP contribution in [0.4, 0.5) is 0 Å². The molecule has 1 aliphatic heterocycles. The second-order valence-electron chi connectivity index (χ2n) is 5.63. The monoisotopic (exact) mass is 292 g/mol. The van der Waals surface area contributed by atoms with Crippen molar-refractivity contribution in [1.29, 1.82) is 0 Å². The van der Waals surface area contributed by atoms with Gasteiger partial charge in [-0.15, -0.1) is 16.8 Å². The molecule has 0 fully saturated rings. The van der Waals surface area contributed by atoms with E-state index in [-0.39, 0.29) is 5.91 Å². The molecule has 0 saturated carbocycles. The number of aromatic nitrogens is 3. The van der Waals surface area contributed by atoms with Crippen LogP contribution in [0.15, 0.2) is 12.7 Å². The molecular formula is C15H24N4O2. The lowest BCUT2D eigenvalue weighted by Gasteiger charge is -2.30. The first kappa shape index (κ1) is 15.7. The zero-order valence-electron chi connectivity index (χ0n) is 13.1. The number of carbonyl (C=O) groups is 1. The van der Waals surface area contributed by atoms with Gasteiger partial charge < -0.3 is 14.2 Å². The van der Waals surface area contributed by atoms with Gasteiger partial charge in [-0.25, -0.2) is 0 Å². The summed E-state index contributed by atoms with van der Waals surface area (Å²) in [7, 11) is 0. The van der Waals surface area contributed by atoms with Gasteiger partial charge in [0.1, 0.15) is 11.9 Å². The van der Waals surface area contributed by atoms with Crippen LogP contribution in [0.25, 0.3) is 0 Å². The lowest BCUT2D eigenvalue weighted by molar-refractivity contribution is -0.144. The minimum atomic E-state index is -0.427. The highest BCUT2D eigenvalue weighted by Crippen LogP contribution is 2.19. The summed E-state index contributed by atoms with van der Waals surface area (Å²) in [5.41, 5.74) is 0. The first-order chi connectivity index (χ1) is 10.0. The van der Waals surface area contributed by atoms with E-state index in [0.29, 0.717) is 25.6 Å². The minimum Gasteiger partial charge on any atom is -0.368 e. The van der Waals surface area contributed by atoms with Gasteiger partial charge in [-0.05, 0) is 13.3 Å². The second-order valence-corrected chi connectivity index (χ2v) is 5.63. The van der Waals surface area contributed by atoms with Gasteiger partial charge in [-0.3, -0.25) is 4.79 Å². The zero-order valence-corrected chi connectivity index (χ0v) is 13.1. The summed E-state index contributed by atoms with van der Waals surface area (Å²) in [4.78, 5) is 14.2. The third-order valence-corrected chi connectivity index (χ3v) is 3.65. The van der Waals surface area contributed by atoms with Crippen molar-refractivity contribution >= 4 is 5.91 Å². The van der Waals surface area contributed by atoms with E-state index in [9.17, 15) is 4.79 Å². The smallest absolute Gasteiger partial charge is 0.251 e. The molecule has 1 aromatic heterocycles. The number of carbonyl (C=O) groups excluding carboxylic acids is 1. The Kier molecular flexibility index (Phi) is 5.12. The van der Waals surface area contributed by atoms with Gasteiger partial charge in [-0.1, -0.05) is 19.9 Å². The summed E-state index contributed by atoms with van der Waals surface area (Å²) in [6, 6.07) is 0. The first-order valence-corrected chi connectivity index (χ1v) is 7.47. The molecule has 21 heavy (non-hydrogen) atoms. The fourth-order valence-electron chi connectivity index (χ4n) is 2.45. The van der Waals surface area contributed by atoms with E-state index in [4.69, 9.17) is 4.74 Å². The Balaban J connectivity index is 1.97. The molecule has 1 unspecified atom stereocenters. The lowest BCUT2D eigenvalue weighted by atomic mass is 10.2. The topological polar surface area (TPSA) is 60.2 Å². The Hall–Kier alpha value is -1.69. The molecule has 0 bridgehead atoms. The summed E-state index contributed by atoms with van der Waals surface area (Å²) in [6.45, 7) is 12.1. The quantitative estimate of drug-likeness (QED) is 0.592. The molecule has 116 valence electrons. The number of hydrogen-bond acceptors (Lipinski definition) is 4. The summed E-state index contributed by atoms with van der Waals surface area (Å²) < 4.78 is 7.65. The Morgan fingerprint density at radius 3 is 2.81 bits per heavy atom. The van der Waals surface area contributed by atoms with Crippen LogP contribution in [0.1, 0.15) is 44.8 Å². The molecule has 0 saturated heterocycles. The maximum atomic E-state index is 12.4. The molecule has 1 aliphatic rings. The van der Waals surface area contributed by atoms with E-state index in [0.717, 1.165) is 24.6 Å². The molecule has 0 aliphatic carbocycles. The van der Waals surface area contributed by atoms with Gasteiger partial charge in [0.2, 0.25) is 0 Å². The van der Waals surface area contributed by atoms with Crippen LogP contribution in [0.2, 0.25) is 0 Å². The number of fused-ring (bicyclic) bond motifs is 1. The Morgan fingerprint density at radius 2 is 2.14 bits per heavy atom. The molecular weight excluding hydrogens is 268 g/mol. The summed E-state index contributed by atoms with van der Waals surface area (Å²) in [5.74, 6) is 2.21. The molecule has 2 heterocycles. The fraction of sp³-hybridized carbons (Fsp3) is 0.667. The molecule has 6 heteroatoms. The average molecular weight is 292 g/mol. The van der Waals surface area contributed by atoms with Crippen LogP contribution in [-0.2, 0) is 22.6 Å². The summed E-state index contributed by atoms with van der Waals surface area (Å²) in [6.07, 6.45) is 2.11. The molecule has 0 aromatic carbocycles. The van der Waals surface area contributed by atoms with Crippen LogP contribution in [0.5, 0.6) is 0 Å². The average Bonchev–Trinajstić information content (AvgIpc) is 2.89. The van der Waals surface area contributed by atoms with E-state index in [2.05, 4.69) is 35.2 Å². The SMILES string of the molecule is C=CCCOC(C)C(=O)N1CCn2c(nnc2C(C)C)C1. The van der Waals surface area contributed by atoms with Crippen LogP contribution >= 0.6 is 0 Å². The van der Waals surface area contributed by atoms with Crippen LogP contribution in [0.3, 0.4) is 0 Å². The van der Waals surface area contributed by atoms with Gasteiger partial charge in [-0.2, -0.15) is 0 Å². The number of rotatable bonds is 6. The van der Waals surface area contributed by atoms with Gasteiger partial charge in [0.25, 0.3) is 5.91 Å². The highest BCUT2D eigenvalue weighted by molar-refractivity contribution is 5.80. The summed E-state index contributed by atoms with van der Waals surface area (Å²) >= 11 is 0. The predicted molar refractivity (Wildman–Crippen MR) is 79.8 cm³/mol. The van der Waals surface area contributed by atoms with Gasteiger partial charge in [0, 0.05) is 19.0 Å². The van der Waals surface area contributed by atoms with Gasteiger partial charge >= 0.3 is 0 Å². The molecule has 1 amide bonds. The maximum Gasteiger partial charge on any atom is 0.251 e. The van der Waals surface area contributed by atoms with Crippen molar-refractivity contribution in [2.45, 2.75) is 52.3 Å². The number of amides is 1. The van der Waals surface area contributed by atoms with Crippen LogP contribution < -0.4 is 0 Å². The molecule has 0 N–H and O–H groups in total. The third-order valence-electron chi connectivity index (χ3n) is 3.65. The largest absolute Gasteiger partial charge is 0.368 e. The Morgan fingerprint density at radius 1 is 1.38 bits per heavy atom. The predicted octanol–water partition coefficient (Wildman–Crippen LogP) is 1.72. The highest BCUT2D eigenvalue weighted by Gasteiger charge is 2.28. The zero-order chi connectivity index (χ0) is 15.4. The fourth-order valence-corrected chi connectivity index (χ4v) is 2.45. The number of ether oxygens (including phenoxy) is 1. The molecule has 0 radical (unpaired) electrons. The Bertz CT molecular complexity index is 510. The van der Waals surface area contributed by atoms with Crippen molar-refractivity contribution < 1.29 is 9.53 Å². The normalized spacial score (nSPS) is 15.9. The first-order valence-electron chi connectivity index (χ1n) is 7.47. The van der Waals surface area contributed by atoms with Crippen molar-refractivity contribution in [3.8, 4) is 0 Å². The van der Waals surface area contributed by atoms with E-state index in [1.807, 2.05) is 0 Å². The molecule has 1 aromatic rings. The van der Waals surface area contributed by atoms with Crippen molar-refractivity contribution in [2.24, 2.45) is 0 Å². The molecule has 0 spiro atoms. The minimum absolute atomic E-state index is 0.0133. The number of nitrogens with zero attached hydrogens (tertiary/aromatic N) is 4. The molecule has 1 atom stereocenters. The van der Waals surface area contributed by atoms with Crippen molar-refractivity contribution in [1.82, 2.24) is 19.7 Å². The van der Waals surface area contributed by atoms with Crippen molar-refractivity contribution in [3.63, 3.8) is 0 Å². The standard InChI is InChI=1S/C15H24N4O2/c1-5-6-9-21-12(4)15(20)18-7-8-19-13(10-18)16-17-14(19)11(2)3/h5,11-12H,1,6-10H2,2-4H3. The van der Waals surface area contributed by atoms with E-state index in [1.165, 1.54) is 0 Å². The van der Waals surface area contributed by atoms with Gasteiger partial charge in [0.05, 0.1) is 13.2 Å². The van der Waals surface area contributed by atoms with E-state index < -0.39 is 6.10 Å². The molecule has 2 rings (SSSR count). The van der Waals surface area contributed by atoms with Crippen LogP contribution in [-0.4, -0.2) is 44.8 Å². The van der Waals surface area contributed by atoms with E-state index in [1.54, 1.807) is 17.9 Å². The number of hydrogen-bond donors (Lipinski definition) is 0. The highest BCUT2D eigenvalue weighted by atomic mass is 16.5. The second kappa shape index (κ2) is 6.85. The maximum absolute atomic E-state index is 12.4.